The van der Waals surface area contributed by atoms with Crippen molar-refractivity contribution >= 4 is 58.8 Å². The second-order valence-electron chi connectivity index (χ2n) is 4.75. The van der Waals surface area contributed by atoms with Crippen LogP contribution in [0.1, 0.15) is 39.5 Å². The summed E-state index contributed by atoms with van der Waals surface area (Å²) < 4.78 is -1.21. The highest BCUT2D eigenvalue weighted by Gasteiger charge is 2.35. The van der Waals surface area contributed by atoms with Gasteiger partial charge in [0.05, 0.1) is 4.08 Å². The molecule has 1 unspecified atom stereocenters. The van der Waals surface area contributed by atoms with E-state index in [-0.39, 0.29) is 27.8 Å². The summed E-state index contributed by atoms with van der Waals surface area (Å²) in [5.41, 5.74) is 0. The molecule has 19 heavy (non-hydrogen) atoms. The van der Waals surface area contributed by atoms with Gasteiger partial charge in [-0.2, -0.15) is 0 Å². The first-order valence-electron chi connectivity index (χ1n) is 6.16. The van der Waals surface area contributed by atoms with Crippen LogP contribution in [0.25, 0.3) is 0 Å². The second-order valence-corrected chi connectivity index (χ2v) is 10.6. The van der Waals surface area contributed by atoms with E-state index in [0.717, 1.165) is 29.7 Å². The van der Waals surface area contributed by atoms with Crippen LogP contribution in [0.3, 0.4) is 0 Å². The van der Waals surface area contributed by atoms with E-state index >= 15 is 0 Å². The molecule has 0 radical (unpaired) electrons. The van der Waals surface area contributed by atoms with E-state index in [9.17, 15) is 14.7 Å². The van der Waals surface area contributed by atoms with Crippen molar-refractivity contribution in [3.63, 3.8) is 0 Å². The minimum absolute atomic E-state index is 0.0112. The van der Waals surface area contributed by atoms with Crippen LogP contribution in [0.2, 0.25) is 0 Å². The highest BCUT2D eigenvalue weighted by Crippen LogP contribution is 2.48. The first-order valence-corrected chi connectivity index (χ1v) is 9.40. The monoisotopic (exact) mass is 340 g/mol. The smallest absolute Gasteiger partial charge is 0.192 e. The van der Waals surface area contributed by atoms with Gasteiger partial charge >= 0.3 is 0 Å². The second kappa shape index (κ2) is 7.64. The summed E-state index contributed by atoms with van der Waals surface area (Å²) in [6.45, 7) is 3.63. The molecule has 110 valence electrons. The van der Waals surface area contributed by atoms with Gasteiger partial charge in [0.2, 0.25) is 0 Å². The number of thioether (sulfide) groups is 3. The summed E-state index contributed by atoms with van der Waals surface area (Å²) in [5.74, 6) is 2.26. The Balaban J connectivity index is 2.34. The van der Waals surface area contributed by atoms with E-state index in [1.807, 2.05) is 23.5 Å². The molecule has 1 N–H and O–H groups in total. The molecule has 1 saturated heterocycles. The average Bonchev–Trinajstić information content (AvgIpc) is 2.71. The zero-order chi connectivity index (χ0) is 14.5. The Morgan fingerprint density at radius 2 is 1.95 bits per heavy atom. The van der Waals surface area contributed by atoms with E-state index in [4.69, 9.17) is 0 Å². The number of thiol groups is 1. The quantitative estimate of drug-likeness (QED) is 0.548. The Morgan fingerprint density at radius 1 is 1.37 bits per heavy atom. The van der Waals surface area contributed by atoms with Crippen LogP contribution in [0, 0.1) is 0 Å². The summed E-state index contributed by atoms with van der Waals surface area (Å²) in [6, 6.07) is 0. The maximum atomic E-state index is 11.6. The van der Waals surface area contributed by atoms with Gasteiger partial charge in [0.25, 0.3) is 0 Å². The van der Waals surface area contributed by atoms with Crippen molar-refractivity contribution in [2.45, 2.75) is 47.9 Å². The number of hydrogen-bond donors (Lipinski definition) is 2. The van der Waals surface area contributed by atoms with Gasteiger partial charge in [-0.15, -0.1) is 36.2 Å². The largest absolute Gasteiger partial charge is 0.370 e. The molecule has 0 bridgehead atoms. The van der Waals surface area contributed by atoms with Crippen molar-refractivity contribution in [3.05, 3.63) is 0 Å². The lowest BCUT2D eigenvalue weighted by molar-refractivity contribution is -0.119. The normalized spacial score (nSPS) is 21.1. The molecule has 1 rings (SSSR count). The maximum absolute atomic E-state index is 11.6. The Hall–Kier alpha value is 0.700. The van der Waals surface area contributed by atoms with Crippen molar-refractivity contribution < 1.29 is 14.7 Å². The molecule has 3 nitrogen and oxygen atoms in total. The summed E-state index contributed by atoms with van der Waals surface area (Å²) >= 11 is 8.81. The summed E-state index contributed by atoms with van der Waals surface area (Å²) in [5, 5.41) is 9.95. The van der Waals surface area contributed by atoms with Gasteiger partial charge in [0.15, 0.2) is 9.38 Å². The zero-order valence-electron chi connectivity index (χ0n) is 11.2. The Labute approximate surface area is 132 Å². The van der Waals surface area contributed by atoms with E-state index in [1.165, 1.54) is 6.92 Å². The van der Waals surface area contributed by atoms with Crippen LogP contribution < -0.4 is 0 Å². The average molecular weight is 341 g/mol. The molecule has 0 aromatic carbocycles. The molecule has 1 atom stereocenters. The van der Waals surface area contributed by atoms with Crippen LogP contribution in [-0.2, 0) is 9.59 Å². The third kappa shape index (κ3) is 7.32. The minimum atomic E-state index is -1.33. The molecule has 0 saturated carbocycles. The maximum Gasteiger partial charge on any atom is 0.192 e. The fraction of sp³-hybridized carbons (Fsp3) is 0.833. The topological polar surface area (TPSA) is 54.4 Å². The lowest BCUT2D eigenvalue weighted by Gasteiger charge is -2.27. The molecule has 0 aromatic heterocycles. The van der Waals surface area contributed by atoms with Crippen LogP contribution in [0.5, 0.6) is 0 Å². The molecule has 1 aliphatic rings. The van der Waals surface area contributed by atoms with Gasteiger partial charge in [-0.1, -0.05) is 0 Å². The van der Waals surface area contributed by atoms with Crippen LogP contribution >= 0.6 is 47.9 Å². The predicted molar refractivity (Wildman–Crippen MR) is 89.0 cm³/mol. The molecule has 0 spiro atoms. The first kappa shape index (κ1) is 17.8. The number of rotatable bonds is 7. The molecule has 0 aliphatic carbocycles. The highest BCUT2D eigenvalue weighted by molar-refractivity contribution is 8.22. The summed E-state index contributed by atoms with van der Waals surface area (Å²) in [4.78, 5) is 22.4. The third-order valence-electron chi connectivity index (χ3n) is 2.76. The van der Waals surface area contributed by atoms with Crippen molar-refractivity contribution in [3.8, 4) is 0 Å². The van der Waals surface area contributed by atoms with Gasteiger partial charge in [0, 0.05) is 24.3 Å². The number of hydrogen-bond acceptors (Lipinski definition) is 7. The molecular formula is C12H20O3S4. The fourth-order valence-electron chi connectivity index (χ4n) is 1.65. The molecule has 1 heterocycles. The number of Topliss-reactive ketones (excluding diaryl/α,β-unsaturated/α-hetero) is 1. The van der Waals surface area contributed by atoms with E-state index in [0.29, 0.717) is 6.42 Å². The van der Waals surface area contributed by atoms with Gasteiger partial charge in [-0.3, -0.25) is 4.79 Å². The van der Waals surface area contributed by atoms with Gasteiger partial charge < -0.3 is 9.90 Å². The molecule has 7 heteroatoms. The molecule has 0 aromatic rings. The standard InChI is InChI=1S/C12H20O3S4/c1-9(13)3-4-10(14)19-12(15,16)6-5-11(2)17-7-8-18-11/h15-16H,3-8H2,1-2H3. The Morgan fingerprint density at radius 3 is 2.47 bits per heavy atom. The number of aliphatic hydroxyl groups is 1. The Kier molecular flexibility index (Phi) is 7.13. The van der Waals surface area contributed by atoms with Crippen molar-refractivity contribution in [1.82, 2.24) is 0 Å². The predicted octanol–water partition coefficient (Wildman–Crippen LogP) is 3.17. The third-order valence-corrected chi connectivity index (χ3v) is 7.63. The SMILES string of the molecule is CC(=O)CCC(=O)SC(O)(S)CCC1(C)SCCS1. The zero-order valence-corrected chi connectivity index (χ0v) is 14.5. The van der Waals surface area contributed by atoms with Crippen LogP contribution in [-0.4, -0.2) is 35.9 Å². The lowest BCUT2D eigenvalue weighted by Crippen LogP contribution is -2.23. The number of carbonyl (C=O) groups excluding carboxylic acids is 2. The van der Waals surface area contributed by atoms with Crippen molar-refractivity contribution in [2.24, 2.45) is 0 Å². The van der Waals surface area contributed by atoms with E-state index in [1.54, 1.807) is 0 Å². The molecular weight excluding hydrogens is 320 g/mol. The number of carbonyl (C=O) groups is 2. The minimum Gasteiger partial charge on any atom is -0.370 e. The van der Waals surface area contributed by atoms with Crippen LogP contribution in [0.4, 0.5) is 0 Å². The van der Waals surface area contributed by atoms with Gasteiger partial charge in [-0.25, -0.2) is 0 Å². The van der Waals surface area contributed by atoms with Crippen molar-refractivity contribution in [2.75, 3.05) is 11.5 Å². The lowest BCUT2D eigenvalue weighted by atomic mass is 10.2. The van der Waals surface area contributed by atoms with E-state index < -0.39 is 4.27 Å². The molecule has 0 amide bonds. The van der Waals surface area contributed by atoms with Crippen LogP contribution in [0.15, 0.2) is 0 Å². The van der Waals surface area contributed by atoms with Gasteiger partial charge in [-0.05, 0) is 38.5 Å². The van der Waals surface area contributed by atoms with Gasteiger partial charge in [0.1, 0.15) is 5.78 Å². The Bertz CT molecular complexity index is 338. The highest BCUT2D eigenvalue weighted by atomic mass is 32.2. The summed E-state index contributed by atoms with van der Waals surface area (Å²) in [7, 11) is 0. The summed E-state index contributed by atoms with van der Waals surface area (Å²) in [6.07, 6.45) is 1.68. The van der Waals surface area contributed by atoms with Crippen molar-refractivity contribution in [1.29, 1.82) is 0 Å². The number of ketones is 1. The molecule has 1 fully saturated rings. The first-order chi connectivity index (χ1) is 8.72. The van der Waals surface area contributed by atoms with E-state index in [2.05, 4.69) is 19.6 Å². The fourth-order valence-corrected chi connectivity index (χ4v) is 5.70. The molecule has 1 aliphatic heterocycles.